The Balaban J connectivity index is 0.000000248. The molecule has 0 radical (unpaired) electrons. The van der Waals surface area contributed by atoms with Gasteiger partial charge in [-0.2, -0.15) is 0 Å². The number of alkyl carbamates (subject to hydrolysis) is 1. The summed E-state index contributed by atoms with van der Waals surface area (Å²) in [6.07, 6.45) is -15.6. The molecule has 7 aliphatic carbocycles. The van der Waals surface area contributed by atoms with Crippen LogP contribution in [-0.2, 0) is 105 Å². The molecule has 3 aromatic rings. The zero-order valence-corrected chi connectivity index (χ0v) is 74.0. The Morgan fingerprint density at radius 3 is 1.71 bits per heavy atom. The van der Waals surface area contributed by atoms with Crippen LogP contribution in [0.1, 0.15) is 189 Å². The van der Waals surface area contributed by atoms with E-state index in [9.17, 15) is 83.1 Å². The second-order valence-electron chi connectivity index (χ2n) is 37.9. The molecule has 1 unspecified atom stereocenters. The lowest BCUT2D eigenvalue weighted by Gasteiger charge is -2.67. The number of nitrogens with two attached hydrogens (primary N) is 2. The van der Waals surface area contributed by atoms with Crippen LogP contribution in [0.2, 0.25) is 0 Å². The summed E-state index contributed by atoms with van der Waals surface area (Å²) in [7, 11) is 0. The number of ether oxygens (including phenoxy) is 12. The highest BCUT2D eigenvalue weighted by atomic mass is 16.7. The molecule has 22 atom stereocenters. The van der Waals surface area contributed by atoms with Crippen molar-refractivity contribution in [2.45, 2.75) is 269 Å². The van der Waals surface area contributed by atoms with E-state index < -0.39 is 267 Å². The molecule has 2 saturated heterocycles. The number of fused-ring (bicyclic) bond motifs is 10. The summed E-state index contributed by atoms with van der Waals surface area (Å²) in [6.45, 7) is 24.0. The number of rotatable bonds is 23. The highest BCUT2D eigenvalue weighted by Crippen LogP contribution is 2.67. The van der Waals surface area contributed by atoms with E-state index in [4.69, 9.17) is 68.3 Å². The number of Topliss-reactive ketones (excluding diaryl/α,β-unsaturated/α-hetero) is 2. The summed E-state index contributed by atoms with van der Waals surface area (Å²) in [5, 5.41) is 71.2. The van der Waals surface area contributed by atoms with Gasteiger partial charge in [0.05, 0.1) is 77.7 Å². The van der Waals surface area contributed by atoms with Gasteiger partial charge in [-0.25, -0.2) is 33.6 Å². The van der Waals surface area contributed by atoms with Crippen LogP contribution in [-0.4, -0.2) is 235 Å². The number of benzene rings is 3. The van der Waals surface area contributed by atoms with E-state index in [0.29, 0.717) is 18.4 Å². The molecule has 690 valence electrons. The maximum atomic E-state index is 15.4. The Morgan fingerprint density at radius 2 is 1.20 bits per heavy atom. The van der Waals surface area contributed by atoms with Gasteiger partial charge in [0, 0.05) is 62.3 Å². The van der Waals surface area contributed by atoms with Gasteiger partial charge in [0.2, 0.25) is 12.0 Å². The van der Waals surface area contributed by atoms with Gasteiger partial charge in [-0.1, -0.05) is 107 Å². The van der Waals surface area contributed by atoms with Gasteiger partial charge in [0.15, 0.2) is 41.6 Å². The number of aliphatic hydroxyl groups excluding tert-OH is 3. The minimum atomic E-state index is -2.47. The topological polar surface area (TPSA) is 539 Å². The molecule has 12 N–H and O–H groups in total. The fourth-order valence-corrected chi connectivity index (χ4v) is 19.8. The quantitative estimate of drug-likeness (QED) is 0.0339. The van der Waals surface area contributed by atoms with Crippen molar-refractivity contribution in [2.24, 2.45) is 56.8 Å². The highest BCUT2D eigenvalue weighted by Gasteiger charge is 2.80. The van der Waals surface area contributed by atoms with E-state index in [1.807, 2.05) is 0 Å². The van der Waals surface area contributed by atoms with Crippen molar-refractivity contribution in [3.05, 3.63) is 142 Å². The molecule has 4 amide bonds. The fourth-order valence-electron chi connectivity index (χ4n) is 19.8. The number of amides is 4. The Bertz CT molecular complexity index is 4920. The first-order valence-electron chi connectivity index (χ1n) is 42.0. The van der Waals surface area contributed by atoms with Crippen molar-refractivity contribution in [2.75, 3.05) is 19.8 Å². The summed E-state index contributed by atoms with van der Waals surface area (Å²) in [4.78, 5) is 190. The van der Waals surface area contributed by atoms with Crippen molar-refractivity contribution in [1.82, 2.24) is 16.0 Å². The number of allylic oxidation sites excluding steroid dienone is 1. The fraction of sp³-hybridized carbons (Fsp3) is 0.582. The predicted octanol–water partition coefficient (Wildman–Crippen LogP) is 5.01. The van der Waals surface area contributed by atoms with Gasteiger partial charge in [-0.05, 0) is 135 Å². The summed E-state index contributed by atoms with van der Waals surface area (Å²) >= 11 is 0. The molecule has 4 saturated carbocycles. The third-order valence-corrected chi connectivity index (χ3v) is 26.4. The predicted molar refractivity (Wildman–Crippen MR) is 441 cm³/mol. The summed E-state index contributed by atoms with van der Waals surface area (Å²) < 4.78 is 70.6. The number of carbonyl (C=O) groups is 14. The number of primary amides is 1. The number of urea groups is 1. The Kier molecular flexibility index (Phi) is 27.4. The van der Waals surface area contributed by atoms with Gasteiger partial charge in [0.25, 0.3) is 0 Å². The van der Waals surface area contributed by atoms with Crippen LogP contribution in [0, 0.1) is 45.3 Å². The van der Waals surface area contributed by atoms with E-state index in [1.54, 1.807) is 148 Å². The largest absolute Gasteiger partial charge is 0.455 e. The summed E-state index contributed by atoms with van der Waals surface area (Å²) in [6, 6.07) is 19.2. The number of nitrogens with one attached hydrogen (secondary N) is 3. The lowest BCUT2D eigenvalue weighted by molar-refractivity contribution is -0.346. The lowest BCUT2D eigenvalue weighted by Crippen LogP contribution is -2.81. The molecule has 127 heavy (non-hydrogen) atoms. The van der Waals surface area contributed by atoms with Crippen molar-refractivity contribution >= 4 is 83.3 Å². The molecule has 12 rings (SSSR count). The van der Waals surface area contributed by atoms with E-state index in [0.717, 1.165) is 13.8 Å². The summed E-state index contributed by atoms with van der Waals surface area (Å²) in [5.41, 5.74) is -5.69. The highest BCUT2D eigenvalue weighted by molar-refractivity contribution is 5.96. The number of carbonyl (C=O) groups excluding carboxylic acids is 14. The van der Waals surface area contributed by atoms with Gasteiger partial charge in [-0.15, -0.1) is 0 Å². The second kappa shape index (κ2) is 36.0. The lowest BCUT2D eigenvalue weighted by atomic mass is 9.44. The first kappa shape index (κ1) is 96.8. The minimum Gasteiger partial charge on any atom is -0.455 e. The zero-order valence-electron chi connectivity index (χ0n) is 74.0. The Labute approximate surface area is 733 Å². The Morgan fingerprint density at radius 1 is 0.654 bits per heavy atom. The van der Waals surface area contributed by atoms with Crippen LogP contribution >= 0.6 is 0 Å². The first-order chi connectivity index (χ1) is 59.0. The van der Waals surface area contributed by atoms with E-state index in [1.165, 1.54) is 58.9 Å². The van der Waals surface area contributed by atoms with Gasteiger partial charge in [0.1, 0.15) is 59.2 Å². The van der Waals surface area contributed by atoms with Crippen molar-refractivity contribution in [3.63, 3.8) is 0 Å². The second-order valence-corrected chi connectivity index (χ2v) is 37.9. The maximum Gasteiger partial charge on any atom is 0.408 e. The van der Waals surface area contributed by atoms with Crippen molar-refractivity contribution < 1.29 is 149 Å². The van der Waals surface area contributed by atoms with E-state index in [-0.39, 0.29) is 53.2 Å². The SMILES string of the molecule is CC(=O)O[C@@]12CO[C@@H]1C[C@H](O)[C@@]1(C)C(=O)[C@H](O)C3=C(C)[C@@H](OC(=O)[C@H](OC(=O)COC(=O)C[C@H](N)C(N)=O)[C@@H](NC(=O)OC(C)(C)C)C4CC4)C[C@@](O)([C@@H](OC(=O)c4ccccc4)[C@H]21)C3(C)C.CC(=O)O[C@H]1C(=O)[C@]2(C)C=C[C@H]3OC[C@@]3(OC(C)=O)[C@H]2[C@H](OC(=O)c2ccccc2)[C@]2(O)CC(OC(=O)[C@H](O)[C@@H](NC(=O)NC(C)(C)C)c3ccccc3)=C(C)C1C2(C)C. The number of hydrogen-bond donors (Lipinski definition) is 10. The van der Waals surface area contributed by atoms with Crippen LogP contribution in [0.5, 0.6) is 0 Å². The van der Waals surface area contributed by atoms with Crippen LogP contribution in [0.3, 0.4) is 0 Å². The van der Waals surface area contributed by atoms with Crippen LogP contribution in [0.4, 0.5) is 9.59 Å². The van der Waals surface area contributed by atoms with Crippen molar-refractivity contribution in [3.8, 4) is 0 Å². The molecule has 2 aliphatic heterocycles. The molecule has 36 heteroatoms. The average molecular weight is 1770 g/mol. The van der Waals surface area contributed by atoms with Crippen LogP contribution in [0.15, 0.2) is 126 Å². The molecule has 2 heterocycles. The van der Waals surface area contributed by atoms with Gasteiger partial charge in [-0.3, -0.25) is 33.6 Å². The monoisotopic (exact) mass is 1770 g/mol. The van der Waals surface area contributed by atoms with Gasteiger partial charge < -0.3 is 110 Å². The third-order valence-electron chi connectivity index (χ3n) is 26.4. The first-order valence-corrected chi connectivity index (χ1v) is 42.0. The van der Waals surface area contributed by atoms with Crippen LogP contribution < -0.4 is 27.4 Å². The number of hydrogen-bond acceptors (Lipinski definition) is 32. The number of aliphatic hydroxyl groups is 5. The molecule has 9 aliphatic rings. The molecule has 36 nitrogen and oxygen atoms in total. The molecule has 0 aromatic heterocycles. The van der Waals surface area contributed by atoms with Gasteiger partial charge >= 0.3 is 65.8 Å². The summed E-state index contributed by atoms with van der Waals surface area (Å²) in [5.74, 6) is -16.7. The normalized spacial score (nSPS) is 31.8. The standard InChI is InChI=1S/C46H61N3O18.C45H54N2O13/c1-21-26(63-40(58)34(32(23-14-15-23)49-41(59)67-42(3,4)5)64-30(53)19-61-29(52)16-25(47)38(48)56)18-46(60)37(65-39(57)24-12-10-9-11-13-24)35-44(8,36(55)33(54)31(21)43(46,6)7)27(51)17-28-45(35,20-62-28)66-22(2)50;1-24-29(58-39(53)33(50)32(27-16-12-10-13-17-27)46-40(54)47-41(4,5)6)22-45(55)37(59-38(52)28-18-14-11-15-19-28)35-43(9,21-20-30-44(35,23-56-30)60-26(3)49)36(51)34(57-25(2)48)31(24)42(45,7)8/h9-13,23,25-28,32-35,37,51,54,60H,14-20,47H2,1-8H3,(H2,48,56)(H,49,59);10-21,30-35,37,50,55H,22-23H2,1-9H3,(H2,46,47,54)/t25-,26-,27-,28+,32-,33+,34+,35-,37-,44+,45-,46+;30-,31?,32+,33-,34-,35+,37+,43-,44+,45-/m01/s1. The van der Waals surface area contributed by atoms with E-state index >= 15 is 9.59 Å². The average Bonchev–Trinajstić information content (AvgIpc) is 1.26. The smallest absolute Gasteiger partial charge is 0.408 e. The maximum absolute atomic E-state index is 15.4. The Hall–Kier alpha value is -10.9. The zero-order chi connectivity index (χ0) is 93.9. The molecule has 4 bridgehead atoms. The number of ketones is 2. The van der Waals surface area contributed by atoms with E-state index in [2.05, 4.69) is 16.0 Å². The number of esters is 9. The van der Waals surface area contributed by atoms with Crippen molar-refractivity contribution in [1.29, 1.82) is 0 Å². The molecule has 0 spiro atoms. The van der Waals surface area contributed by atoms with Crippen LogP contribution in [0.25, 0.3) is 0 Å². The molecular weight excluding hydrogens is 1660 g/mol. The third kappa shape index (κ3) is 18.6. The minimum absolute atomic E-state index is 0.0266. The molecule has 6 fully saturated rings. The molecular formula is C91H115N5O31. The molecule has 3 aromatic carbocycles.